The average molecular weight is 311 g/mol. The molecule has 0 aliphatic heterocycles. The molecule has 3 amide bonds. The fraction of sp³-hybridized carbons (Fsp3) is 0.538. The van der Waals surface area contributed by atoms with Crippen molar-refractivity contribution in [2.75, 3.05) is 5.32 Å². The molecule has 0 bridgehead atoms. The minimum atomic E-state index is -0.884. The van der Waals surface area contributed by atoms with Gasteiger partial charge in [0.2, 0.25) is 5.91 Å². The van der Waals surface area contributed by atoms with Gasteiger partial charge in [0.05, 0.1) is 5.69 Å². The Labute approximate surface area is 125 Å². The number of carbonyl (C=O) groups is 3. The Balaban J connectivity index is 1.68. The molecule has 1 heterocycles. The highest BCUT2D eigenvalue weighted by Crippen LogP contribution is 2.30. The Kier molecular flexibility index (Phi) is 5.26. The van der Waals surface area contributed by atoms with Gasteiger partial charge in [0.1, 0.15) is 0 Å². The number of carboxylic acids is 1. The van der Waals surface area contributed by atoms with E-state index in [2.05, 4.69) is 15.6 Å². The number of aromatic nitrogens is 1. The van der Waals surface area contributed by atoms with E-state index in [-0.39, 0.29) is 12.8 Å². The smallest absolute Gasteiger partial charge is 0.327 e. The van der Waals surface area contributed by atoms with Gasteiger partial charge in [0.25, 0.3) is 0 Å². The van der Waals surface area contributed by atoms with Gasteiger partial charge in [-0.25, -0.2) is 9.78 Å². The molecule has 0 fully saturated rings. The lowest BCUT2D eigenvalue weighted by Crippen LogP contribution is -2.34. The highest BCUT2D eigenvalue weighted by molar-refractivity contribution is 7.15. The molecule has 0 spiro atoms. The predicted molar refractivity (Wildman–Crippen MR) is 77.4 cm³/mol. The first-order valence-electron chi connectivity index (χ1n) is 6.86. The lowest BCUT2D eigenvalue weighted by atomic mass is 10.2. The number of unbranched alkanes of at least 4 members (excludes halogenated alkanes) is 1. The fourth-order valence-corrected chi connectivity index (χ4v) is 3.17. The first kappa shape index (κ1) is 15.4. The Morgan fingerprint density at radius 2 is 1.95 bits per heavy atom. The number of nitrogens with one attached hydrogen (secondary N) is 2. The first-order valence-corrected chi connectivity index (χ1v) is 7.67. The molecule has 3 N–H and O–H groups in total. The number of rotatable bonds is 6. The fourth-order valence-electron chi connectivity index (χ4n) is 2.12. The summed E-state index contributed by atoms with van der Waals surface area (Å²) in [5.41, 5.74) is 1.04. The minimum Gasteiger partial charge on any atom is -0.481 e. The van der Waals surface area contributed by atoms with Gasteiger partial charge in [-0.1, -0.05) is 0 Å². The van der Waals surface area contributed by atoms with E-state index in [9.17, 15) is 14.4 Å². The number of amides is 3. The monoisotopic (exact) mass is 311 g/mol. The maximum atomic E-state index is 11.6. The van der Waals surface area contributed by atoms with Crippen molar-refractivity contribution in [3.63, 3.8) is 0 Å². The summed E-state index contributed by atoms with van der Waals surface area (Å²) in [5, 5.41) is 13.7. The van der Waals surface area contributed by atoms with Crippen LogP contribution in [-0.4, -0.2) is 28.0 Å². The number of imide groups is 1. The number of hydrogen-bond acceptors (Lipinski definition) is 5. The summed E-state index contributed by atoms with van der Waals surface area (Å²) in [6.45, 7) is 0. The Morgan fingerprint density at radius 1 is 1.19 bits per heavy atom. The zero-order chi connectivity index (χ0) is 15.2. The number of urea groups is 1. The molecule has 1 aliphatic rings. The predicted octanol–water partition coefficient (Wildman–Crippen LogP) is 1.92. The number of aliphatic carboxylic acids is 1. The zero-order valence-electron chi connectivity index (χ0n) is 11.5. The second kappa shape index (κ2) is 7.16. The van der Waals surface area contributed by atoms with Gasteiger partial charge in [-0.3, -0.25) is 20.2 Å². The van der Waals surface area contributed by atoms with Crippen LogP contribution in [0.3, 0.4) is 0 Å². The molecule has 1 aliphatic carbocycles. The number of thiazole rings is 1. The Bertz CT molecular complexity index is 534. The normalized spacial score (nSPS) is 12.8. The van der Waals surface area contributed by atoms with Crippen molar-refractivity contribution in [3.8, 4) is 0 Å². The van der Waals surface area contributed by atoms with Crippen molar-refractivity contribution in [3.05, 3.63) is 10.6 Å². The second-order valence-corrected chi connectivity index (χ2v) is 5.93. The van der Waals surface area contributed by atoms with E-state index in [0.717, 1.165) is 25.0 Å². The van der Waals surface area contributed by atoms with Gasteiger partial charge < -0.3 is 5.11 Å². The molecule has 0 aromatic carbocycles. The maximum Gasteiger partial charge on any atom is 0.327 e. The van der Waals surface area contributed by atoms with Gasteiger partial charge in [0.15, 0.2) is 5.13 Å². The quantitative estimate of drug-likeness (QED) is 0.696. The van der Waals surface area contributed by atoms with Crippen molar-refractivity contribution in [2.24, 2.45) is 0 Å². The molecule has 114 valence electrons. The van der Waals surface area contributed by atoms with Crippen LogP contribution in [0.5, 0.6) is 0 Å². The van der Waals surface area contributed by atoms with Crippen LogP contribution in [0.25, 0.3) is 0 Å². The zero-order valence-corrected chi connectivity index (χ0v) is 12.3. The van der Waals surface area contributed by atoms with Crippen LogP contribution in [0.4, 0.5) is 9.93 Å². The number of fused-ring (bicyclic) bond motifs is 1. The molecule has 0 radical (unpaired) electrons. The molecule has 0 saturated carbocycles. The summed E-state index contributed by atoms with van der Waals surface area (Å²) in [7, 11) is 0. The van der Waals surface area contributed by atoms with Crippen molar-refractivity contribution in [1.29, 1.82) is 0 Å². The third-order valence-electron chi connectivity index (χ3n) is 3.11. The maximum absolute atomic E-state index is 11.6. The van der Waals surface area contributed by atoms with Crippen LogP contribution in [0.2, 0.25) is 0 Å². The van der Waals surface area contributed by atoms with Gasteiger partial charge in [-0.15, -0.1) is 11.3 Å². The number of carboxylic acid groups (broad SMARTS) is 1. The Hall–Kier alpha value is -1.96. The largest absolute Gasteiger partial charge is 0.481 e. The van der Waals surface area contributed by atoms with Crippen LogP contribution >= 0.6 is 11.3 Å². The second-order valence-electron chi connectivity index (χ2n) is 4.85. The molecular weight excluding hydrogens is 294 g/mol. The molecule has 0 saturated heterocycles. The minimum absolute atomic E-state index is 0.0319. The summed E-state index contributed by atoms with van der Waals surface area (Å²) < 4.78 is 0. The van der Waals surface area contributed by atoms with Crippen molar-refractivity contribution in [2.45, 2.75) is 44.9 Å². The standard InChI is InChI=1S/C13H17N3O4S/c17-10(6-1-2-7-11(18)19)15-12(20)16-13-14-8-4-3-5-9(8)21-13/h1-7H2,(H,18,19)(H2,14,15,16,17,20). The lowest BCUT2D eigenvalue weighted by Gasteiger charge is -2.04. The molecule has 1 aromatic heterocycles. The molecule has 1 aromatic rings. The van der Waals surface area contributed by atoms with E-state index >= 15 is 0 Å². The first-order chi connectivity index (χ1) is 10.0. The molecule has 7 nitrogen and oxygen atoms in total. The molecule has 8 heteroatoms. The van der Waals surface area contributed by atoms with Crippen LogP contribution < -0.4 is 10.6 Å². The SMILES string of the molecule is O=C(O)CCCCC(=O)NC(=O)Nc1nc2c(s1)CCC2. The van der Waals surface area contributed by atoms with Crippen LogP contribution in [0, 0.1) is 0 Å². The van der Waals surface area contributed by atoms with E-state index in [0.29, 0.717) is 18.0 Å². The van der Waals surface area contributed by atoms with E-state index in [1.807, 2.05) is 0 Å². The average Bonchev–Trinajstić information content (AvgIpc) is 2.94. The van der Waals surface area contributed by atoms with E-state index in [4.69, 9.17) is 5.11 Å². The highest BCUT2D eigenvalue weighted by Gasteiger charge is 2.18. The van der Waals surface area contributed by atoms with Crippen molar-refractivity contribution in [1.82, 2.24) is 10.3 Å². The molecule has 21 heavy (non-hydrogen) atoms. The van der Waals surface area contributed by atoms with Crippen molar-refractivity contribution >= 4 is 34.4 Å². The van der Waals surface area contributed by atoms with Gasteiger partial charge >= 0.3 is 12.0 Å². The summed E-state index contributed by atoms with van der Waals surface area (Å²) in [4.78, 5) is 38.9. The van der Waals surface area contributed by atoms with E-state index in [1.54, 1.807) is 0 Å². The number of carbonyl (C=O) groups excluding carboxylic acids is 2. The third kappa shape index (κ3) is 4.82. The van der Waals surface area contributed by atoms with Crippen LogP contribution in [0.1, 0.15) is 42.7 Å². The van der Waals surface area contributed by atoms with Crippen LogP contribution in [-0.2, 0) is 22.4 Å². The lowest BCUT2D eigenvalue weighted by molar-refractivity contribution is -0.137. The number of hydrogen-bond donors (Lipinski definition) is 3. The van der Waals surface area contributed by atoms with E-state index in [1.165, 1.54) is 16.2 Å². The molecule has 0 unspecified atom stereocenters. The Morgan fingerprint density at radius 3 is 2.67 bits per heavy atom. The molecule has 0 atom stereocenters. The summed E-state index contributed by atoms with van der Waals surface area (Å²) in [6.07, 6.45) is 4.08. The highest BCUT2D eigenvalue weighted by atomic mass is 32.1. The molecular formula is C13H17N3O4S. The van der Waals surface area contributed by atoms with Gasteiger partial charge in [0, 0.05) is 17.7 Å². The summed E-state index contributed by atoms with van der Waals surface area (Å²) in [6, 6.07) is -0.592. The summed E-state index contributed by atoms with van der Waals surface area (Å²) in [5.74, 6) is -1.30. The summed E-state index contributed by atoms with van der Waals surface area (Å²) >= 11 is 1.44. The van der Waals surface area contributed by atoms with Gasteiger partial charge in [-0.2, -0.15) is 0 Å². The number of anilines is 1. The molecule has 2 rings (SSSR count). The topological polar surface area (TPSA) is 108 Å². The van der Waals surface area contributed by atoms with E-state index < -0.39 is 17.9 Å². The number of aryl methyl sites for hydroxylation is 2. The van der Waals surface area contributed by atoms with Gasteiger partial charge in [-0.05, 0) is 32.1 Å². The van der Waals surface area contributed by atoms with Crippen molar-refractivity contribution < 1.29 is 19.5 Å². The van der Waals surface area contributed by atoms with Crippen LogP contribution in [0.15, 0.2) is 0 Å². The number of nitrogens with zero attached hydrogens (tertiary/aromatic N) is 1. The third-order valence-corrected chi connectivity index (χ3v) is 4.19.